The van der Waals surface area contributed by atoms with Crippen molar-refractivity contribution in [3.63, 3.8) is 0 Å². The minimum absolute atomic E-state index is 0.00149. The van der Waals surface area contributed by atoms with Crippen LogP contribution in [0.1, 0.15) is 44.6 Å². The first-order valence-electron chi connectivity index (χ1n) is 11.0. The molecule has 2 unspecified atom stereocenters. The van der Waals surface area contributed by atoms with Crippen LogP contribution in [0.25, 0.3) is 5.70 Å². The summed E-state index contributed by atoms with van der Waals surface area (Å²) in [6, 6.07) is 16.4. The molecule has 1 heterocycles. The summed E-state index contributed by atoms with van der Waals surface area (Å²) in [6.45, 7) is 2.82. The Morgan fingerprint density at radius 3 is 2.55 bits per heavy atom. The number of hydrogen-bond donors (Lipinski definition) is 3. The Hall–Kier alpha value is -2.17. The predicted octanol–water partition coefficient (Wildman–Crippen LogP) is 5.76. The summed E-state index contributed by atoms with van der Waals surface area (Å²) in [5.74, 6) is -2.08. The molecule has 4 rings (SSSR count). The van der Waals surface area contributed by atoms with Crippen LogP contribution in [0.15, 0.2) is 54.6 Å². The maximum absolute atomic E-state index is 13.6. The zero-order valence-electron chi connectivity index (χ0n) is 17.7. The Morgan fingerprint density at radius 1 is 1.16 bits per heavy atom. The van der Waals surface area contributed by atoms with Crippen LogP contribution in [0, 0.1) is 5.92 Å². The van der Waals surface area contributed by atoms with Gasteiger partial charge in [0.25, 0.3) is 0 Å². The van der Waals surface area contributed by atoms with Crippen LogP contribution in [-0.2, 0) is 0 Å². The van der Waals surface area contributed by atoms with E-state index in [0.29, 0.717) is 33.0 Å². The van der Waals surface area contributed by atoms with Crippen LogP contribution in [0.4, 0.5) is 20.2 Å². The van der Waals surface area contributed by atoms with E-state index >= 15 is 0 Å². The van der Waals surface area contributed by atoms with E-state index in [1.54, 1.807) is 0 Å². The number of benzene rings is 2. The average molecular weight is 445 g/mol. The number of hydroxylamine groups is 1. The number of anilines is 2. The van der Waals surface area contributed by atoms with Gasteiger partial charge in [0.2, 0.25) is 5.92 Å². The fraction of sp³-hybridized carbons (Fsp3) is 0.417. The first kappa shape index (κ1) is 22.0. The molecule has 166 valence electrons. The van der Waals surface area contributed by atoms with E-state index in [1.165, 1.54) is 11.0 Å². The van der Waals surface area contributed by atoms with E-state index < -0.39 is 5.92 Å². The monoisotopic (exact) mass is 445 g/mol. The highest BCUT2D eigenvalue weighted by atomic mass is 31.1. The second-order valence-electron chi connectivity index (χ2n) is 8.38. The average Bonchev–Trinajstić information content (AvgIpc) is 3.11. The van der Waals surface area contributed by atoms with E-state index in [2.05, 4.69) is 33.9 Å². The maximum atomic E-state index is 13.6. The summed E-state index contributed by atoms with van der Waals surface area (Å²) in [4.78, 5) is 2.37. The van der Waals surface area contributed by atoms with Crippen LogP contribution in [-0.4, -0.2) is 23.6 Å². The zero-order chi connectivity index (χ0) is 21.8. The summed E-state index contributed by atoms with van der Waals surface area (Å²) in [5.41, 5.74) is 6.10. The first-order valence-corrected chi connectivity index (χ1v) is 12.0. The molecule has 0 aromatic heterocycles. The second-order valence-corrected chi connectivity index (χ2v) is 9.75. The van der Waals surface area contributed by atoms with Gasteiger partial charge in [0, 0.05) is 36.1 Å². The fourth-order valence-electron chi connectivity index (χ4n) is 4.42. The van der Waals surface area contributed by atoms with Gasteiger partial charge in [0.1, 0.15) is 5.91 Å². The van der Waals surface area contributed by atoms with E-state index in [0.717, 1.165) is 24.2 Å². The van der Waals surface area contributed by atoms with Gasteiger partial charge >= 0.3 is 0 Å². The van der Waals surface area contributed by atoms with Crippen molar-refractivity contribution in [3.8, 4) is 0 Å². The number of alkyl halides is 2. The molecule has 2 atom stereocenters. The molecule has 0 spiro atoms. The Kier molecular flexibility index (Phi) is 6.78. The Morgan fingerprint density at radius 2 is 1.87 bits per heavy atom. The van der Waals surface area contributed by atoms with Crippen LogP contribution in [0.3, 0.4) is 0 Å². The molecule has 0 bridgehead atoms. The van der Waals surface area contributed by atoms with Crippen LogP contribution < -0.4 is 21.0 Å². The fourth-order valence-corrected chi connectivity index (χ4v) is 5.93. The van der Waals surface area contributed by atoms with E-state index in [9.17, 15) is 14.0 Å². The number of rotatable bonds is 7. The molecular weight excluding hydrogens is 415 g/mol. The maximum Gasteiger partial charge on any atom is 0.248 e. The minimum atomic E-state index is -2.49. The van der Waals surface area contributed by atoms with Gasteiger partial charge in [0.05, 0.1) is 5.70 Å². The largest absolute Gasteiger partial charge is 0.362 e. The van der Waals surface area contributed by atoms with Gasteiger partial charge in [0.15, 0.2) is 0 Å². The number of para-hydroxylation sites is 1. The van der Waals surface area contributed by atoms with E-state index in [1.807, 2.05) is 43.3 Å². The quantitative estimate of drug-likeness (QED) is 0.375. The highest BCUT2D eigenvalue weighted by Gasteiger charge is 2.37. The van der Waals surface area contributed by atoms with Gasteiger partial charge in [-0.2, -0.15) is 0 Å². The summed E-state index contributed by atoms with van der Waals surface area (Å²) >= 11 is 0. The van der Waals surface area contributed by atoms with Crippen molar-refractivity contribution in [2.24, 2.45) is 5.92 Å². The second kappa shape index (κ2) is 9.54. The van der Waals surface area contributed by atoms with Gasteiger partial charge in [-0.15, -0.1) is 0 Å². The lowest BCUT2D eigenvalue weighted by Gasteiger charge is -2.35. The smallest absolute Gasteiger partial charge is 0.248 e. The van der Waals surface area contributed by atoms with Crippen molar-refractivity contribution in [1.29, 1.82) is 0 Å². The van der Waals surface area contributed by atoms with Crippen molar-refractivity contribution >= 4 is 31.0 Å². The number of hydrogen-bond acceptors (Lipinski definition) is 4. The molecule has 0 radical (unpaired) electrons. The Balaban J connectivity index is 1.48. The Bertz CT molecular complexity index is 909. The van der Waals surface area contributed by atoms with Gasteiger partial charge < -0.3 is 10.2 Å². The molecule has 0 amide bonds. The molecule has 7 heteroatoms. The summed E-state index contributed by atoms with van der Waals surface area (Å²) in [5, 5.41) is 14.3. The van der Waals surface area contributed by atoms with Crippen molar-refractivity contribution in [3.05, 3.63) is 60.2 Å². The van der Waals surface area contributed by atoms with Crippen LogP contribution in [0.5, 0.6) is 0 Å². The lowest BCUT2D eigenvalue weighted by molar-refractivity contribution is -0.0448. The number of allylic oxidation sites excluding steroid dienone is 1. The number of nitrogens with one attached hydrogen (secondary N) is 2. The third-order valence-corrected chi connectivity index (χ3v) is 7.60. The highest BCUT2D eigenvalue weighted by Crippen LogP contribution is 2.41. The molecule has 2 aromatic carbocycles. The Labute approximate surface area is 184 Å². The third-order valence-electron chi connectivity index (χ3n) is 6.14. The minimum Gasteiger partial charge on any atom is -0.362 e. The highest BCUT2D eigenvalue weighted by molar-refractivity contribution is 7.49. The molecule has 31 heavy (non-hydrogen) atoms. The van der Waals surface area contributed by atoms with Crippen LogP contribution >= 0.6 is 8.58 Å². The number of halogens is 2. The predicted molar refractivity (Wildman–Crippen MR) is 126 cm³/mol. The first-order chi connectivity index (χ1) is 15.0. The summed E-state index contributed by atoms with van der Waals surface area (Å²) in [7, 11) is 0.582. The molecule has 4 nitrogen and oxygen atoms in total. The normalized spacial score (nSPS) is 21.9. The molecular formula is C24H30F2N3OP. The topological polar surface area (TPSA) is 47.5 Å². The van der Waals surface area contributed by atoms with Gasteiger partial charge in [-0.25, -0.2) is 8.78 Å². The van der Waals surface area contributed by atoms with E-state index in [-0.39, 0.29) is 18.7 Å². The third kappa shape index (κ3) is 5.19. The lowest BCUT2D eigenvalue weighted by atomic mass is 9.86. The standard InChI is InChI=1S/C24H30F2N3OP/c1-2-5-20(28-30)18-8-10-19(11-9-18)27-23-29(21-6-3-4-7-22(21)31-23)16-17-12-14-24(25,26)15-13-17/h3-11,17,23,27-28,30-31H,2,12-16H2,1H3/b20-5-. The molecule has 1 aliphatic carbocycles. The zero-order valence-corrected chi connectivity index (χ0v) is 18.7. The van der Waals surface area contributed by atoms with Gasteiger partial charge in [-0.05, 0) is 57.5 Å². The number of nitrogens with zero attached hydrogens (tertiary/aromatic N) is 1. The molecule has 2 aromatic rings. The molecule has 1 fully saturated rings. The van der Waals surface area contributed by atoms with Crippen molar-refractivity contribution in [2.75, 3.05) is 16.8 Å². The van der Waals surface area contributed by atoms with E-state index in [4.69, 9.17) is 0 Å². The van der Waals surface area contributed by atoms with Crippen LogP contribution in [0.2, 0.25) is 0 Å². The summed E-state index contributed by atoms with van der Waals surface area (Å²) < 4.78 is 27.2. The molecule has 1 saturated carbocycles. The molecule has 2 aliphatic rings. The molecule has 1 aliphatic heterocycles. The van der Waals surface area contributed by atoms with Gasteiger partial charge in [-0.3, -0.25) is 10.7 Å². The van der Waals surface area contributed by atoms with Crippen molar-refractivity contribution in [1.82, 2.24) is 5.48 Å². The lowest BCUT2D eigenvalue weighted by Crippen LogP contribution is -2.40. The molecule has 0 saturated heterocycles. The SMILES string of the molecule is CC/C=C(\NO)c1ccc(NC2Pc3ccccc3N2CC2CCC(F)(F)CC2)cc1. The number of fused-ring (bicyclic) bond motifs is 1. The van der Waals surface area contributed by atoms with Gasteiger partial charge in [-0.1, -0.05) is 43.3 Å². The summed E-state index contributed by atoms with van der Waals surface area (Å²) in [6.07, 6.45) is 3.93. The van der Waals surface area contributed by atoms with Crippen molar-refractivity contribution in [2.45, 2.75) is 50.9 Å². The molecule has 3 N–H and O–H groups in total. The van der Waals surface area contributed by atoms with Crippen molar-refractivity contribution < 1.29 is 14.0 Å².